The van der Waals surface area contributed by atoms with Crippen LogP contribution >= 0.6 is 0 Å². The zero-order valence-corrected chi connectivity index (χ0v) is 27.0. The Kier molecular flexibility index (Phi) is 8.28. The van der Waals surface area contributed by atoms with Crippen LogP contribution in [0.25, 0.3) is 10.9 Å². The summed E-state index contributed by atoms with van der Waals surface area (Å²) in [5.74, 6) is 4.62. The lowest BCUT2D eigenvalue weighted by Crippen LogP contribution is -2.71. The molecule has 2 aromatic rings. The molecule has 0 bridgehead atoms. The number of rotatable bonds is 9. The Morgan fingerprint density at radius 1 is 1.02 bits per heavy atom. The maximum Gasteiger partial charge on any atom is 0.116 e. The summed E-state index contributed by atoms with van der Waals surface area (Å²) >= 11 is 0. The van der Waals surface area contributed by atoms with Gasteiger partial charge in [-0.1, -0.05) is 53.9 Å². The summed E-state index contributed by atoms with van der Waals surface area (Å²) in [6.45, 7) is 13.1. The summed E-state index contributed by atoms with van der Waals surface area (Å²) in [6, 6.07) is 5.49. The van der Waals surface area contributed by atoms with Crippen molar-refractivity contribution < 1.29 is 15.3 Å². The normalized spacial score (nSPS) is 40.6. The fraction of sp³-hybridized carbons (Fsp3) is 0.784. The molecule has 0 amide bonds. The van der Waals surface area contributed by atoms with Crippen LogP contribution in [0.3, 0.4) is 0 Å². The average molecular weight is 579 g/mol. The van der Waals surface area contributed by atoms with E-state index in [0.717, 1.165) is 66.8 Å². The van der Waals surface area contributed by atoms with E-state index in [4.69, 9.17) is 0 Å². The molecular weight excluding hydrogens is 520 g/mol. The molecule has 10 atom stereocenters. The van der Waals surface area contributed by atoms with Crippen LogP contribution in [0, 0.1) is 46.3 Å². The van der Waals surface area contributed by atoms with Crippen molar-refractivity contribution in [3.63, 3.8) is 0 Å². The van der Waals surface area contributed by atoms with E-state index in [-0.39, 0.29) is 11.5 Å². The molecule has 1 heterocycles. The van der Waals surface area contributed by atoms with Crippen LogP contribution in [0.1, 0.15) is 111 Å². The van der Waals surface area contributed by atoms with Crippen molar-refractivity contribution in [2.45, 2.75) is 129 Å². The van der Waals surface area contributed by atoms with Crippen molar-refractivity contribution in [1.82, 2.24) is 10.3 Å². The number of aromatic nitrogens is 1. The number of benzene rings is 1. The average Bonchev–Trinajstić information content (AvgIpc) is 3.50. The van der Waals surface area contributed by atoms with Crippen molar-refractivity contribution in [2.24, 2.45) is 46.3 Å². The smallest absolute Gasteiger partial charge is 0.116 e. The lowest BCUT2D eigenvalue weighted by atomic mass is 9.42. The van der Waals surface area contributed by atoms with E-state index in [2.05, 4.69) is 51.1 Å². The second-order valence-corrected chi connectivity index (χ2v) is 16.2. The zero-order chi connectivity index (χ0) is 29.9. The van der Waals surface area contributed by atoms with E-state index < -0.39 is 11.7 Å². The number of aliphatic hydroxyl groups is 2. The first-order valence-corrected chi connectivity index (χ1v) is 17.4. The van der Waals surface area contributed by atoms with Gasteiger partial charge in [-0.25, -0.2) is 0 Å². The number of aromatic hydroxyl groups is 1. The Morgan fingerprint density at radius 2 is 1.83 bits per heavy atom. The molecule has 5 N–H and O–H groups in total. The lowest BCUT2D eigenvalue weighted by molar-refractivity contribution is -0.234. The first-order valence-electron chi connectivity index (χ1n) is 17.4. The molecule has 234 valence electrons. The largest absolute Gasteiger partial charge is 0.508 e. The van der Waals surface area contributed by atoms with Gasteiger partial charge in [0.25, 0.3) is 0 Å². The second kappa shape index (κ2) is 11.4. The van der Waals surface area contributed by atoms with Crippen LogP contribution in [-0.4, -0.2) is 44.6 Å². The number of aromatic amines is 1. The van der Waals surface area contributed by atoms with Gasteiger partial charge in [-0.2, -0.15) is 0 Å². The van der Waals surface area contributed by atoms with Gasteiger partial charge in [0.2, 0.25) is 0 Å². The minimum Gasteiger partial charge on any atom is -0.508 e. The van der Waals surface area contributed by atoms with E-state index in [0.29, 0.717) is 29.4 Å². The minimum atomic E-state index is -0.889. The number of phenols is 1. The van der Waals surface area contributed by atoms with E-state index in [9.17, 15) is 15.3 Å². The molecule has 5 heteroatoms. The van der Waals surface area contributed by atoms with Crippen LogP contribution in [0.2, 0.25) is 0 Å². The van der Waals surface area contributed by atoms with Crippen molar-refractivity contribution in [1.29, 1.82) is 0 Å². The number of nitrogens with one attached hydrogen (secondary N) is 2. The Hall–Kier alpha value is -1.56. The first kappa shape index (κ1) is 30.5. The van der Waals surface area contributed by atoms with Gasteiger partial charge in [-0.3, -0.25) is 0 Å². The van der Waals surface area contributed by atoms with Crippen LogP contribution < -0.4 is 5.32 Å². The first-order chi connectivity index (χ1) is 20.0. The molecule has 6 rings (SSSR count). The Balaban J connectivity index is 1.22. The number of hydrogen-bond acceptors (Lipinski definition) is 4. The van der Waals surface area contributed by atoms with E-state index >= 15 is 0 Å². The highest BCUT2D eigenvalue weighted by atomic mass is 16.3. The van der Waals surface area contributed by atoms with Crippen LogP contribution in [-0.2, 0) is 6.42 Å². The molecule has 1 unspecified atom stereocenters. The monoisotopic (exact) mass is 578 g/mol. The van der Waals surface area contributed by atoms with Gasteiger partial charge >= 0.3 is 0 Å². The van der Waals surface area contributed by atoms with Crippen molar-refractivity contribution >= 4 is 10.9 Å². The molecule has 0 aliphatic heterocycles. The number of fused-ring (bicyclic) bond motifs is 6. The topological polar surface area (TPSA) is 88.5 Å². The maximum absolute atomic E-state index is 12.6. The van der Waals surface area contributed by atoms with Crippen molar-refractivity contribution in [3.05, 3.63) is 30.0 Å². The molecule has 4 aliphatic rings. The summed E-state index contributed by atoms with van der Waals surface area (Å²) < 4.78 is 0. The number of H-pyrrole nitrogens is 1. The molecule has 0 spiro atoms. The van der Waals surface area contributed by atoms with Gasteiger partial charge in [0.05, 0.1) is 11.7 Å². The summed E-state index contributed by atoms with van der Waals surface area (Å²) in [7, 11) is 0. The Bertz CT molecular complexity index is 1240. The summed E-state index contributed by atoms with van der Waals surface area (Å²) in [5.41, 5.74) is 1.59. The van der Waals surface area contributed by atoms with Gasteiger partial charge in [0.1, 0.15) is 5.75 Å². The van der Waals surface area contributed by atoms with Gasteiger partial charge in [-0.15, -0.1) is 0 Å². The predicted molar refractivity (Wildman–Crippen MR) is 171 cm³/mol. The van der Waals surface area contributed by atoms with Gasteiger partial charge in [-0.05, 0) is 123 Å². The molecule has 1 aromatic heterocycles. The second-order valence-electron chi connectivity index (χ2n) is 16.2. The number of aliphatic hydroxyl groups excluding tert-OH is 1. The van der Waals surface area contributed by atoms with Crippen LogP contribution in [0.15, 0.2) is 24.4 Å². The minimum absolute atomic E-state index is 0.0119. The standard InChI is InChI=1S/C37H58N2O3/c1-23(2)7-6-8-24(3)30-10-11-31-29-20-34(38-18-15-25-22-39-33-12-9-26(40)19-28(25)33)37(42)21-27(41)13-17-36(37,5)32(29)14-16-35(30,31)4/h9,12,19,22-24,27,29-32,34,38-42H,6-8,10-11,13-18,20-21H2,1-5H3/t24-,27+,29?,30-,31+,32+,34-,35-,36-,37+/m1/s1. The van der Waals surface area contributed by atoms with Gasteiger partial charge < -0.3 is 25.6 Å². The third-order valence-electron chi connectivity index (χ3n) is 13.6. The molecule has 4 fully saturated rings. The quantitative estimate of drug-likeness (QED) is 0.212. The maximum atomic E-state index is 12.6. The third kappa shape index (κ3) is 5.04. The highest BCUT2D eigenvalue weighted by Crippen LogP contribution is 2.69. The summed E-state index contributed by atoms with van der Waals surface area (Å²) in [5, 5.41) is 38.5. The van der Waals surface area contributed by atoms with Crippen molar-refractivity contribution in [3.8, 4) is 5.75 Å². The molecule has 0 radical (unpaired) electrons. The summed E-state index contributed by atoms with van der Waals surface area (Å²) in [4.78, 5) is 3.34. The Labute approximate surface area is 254 Å². The van der Waals surface area contributed by atoms with Gasteiger partial charge in [0.15, 0.2) is 0 Å². The van der Waals surface area contributed by atoms with Crippen LogP contribution in [0.4, 0.5) is 0 Å². The zero-order valence-electron chi connectivity index (χ0n) is 27.0. The van der Waals surface area contributed by atoms with Crippen molar-refractivity contribution in [2.75, 3.05) is 6.54 Å². The molecule has 4 aliphatic carbocycles. The van der Waals surface area contributed by atoms with E-state index in [1.165, 1.54) is 50.5 Å². The highest BCUT2D eigenvalue weighted by Gasteiger charge is 2.67. The molecule has 1 aromatic carbocycles. The predicted octanol–water partition coefficient (Wildman–Crippen LogP) is 7.58. The Morgan fingerprint density at radius 3 is 2.62 bits per heavy atom. The van der Waals surface area contributed by atoms with Gasteiger partial charge in [0, 0.05) is 35.0 Å². The molecular formula is C37H58N2O3. The third-order valence-corrected chi connectivity index (χ3v) is 13.6. The fourth-order valence-corrected chi connectivity index (χ4v) is 11.3. The molecule has 42 heavy (non-hydrogen) atoms. The highest BCUT2D eigenvalue weighted by molar-refractivity contribution is 5.84. The molecule has 4 saturated carbocycles. The lowest BCUT2D eigenvalue weighted by Gasteiger charge is -2.66. The summed E-state index contributed by atoms with van der Waals surface area (Å²) in [6.07, 6.45) is 15.0. The van der Waals surface area contributed by atoms with Crippen LogP contribution in [0.5, 0.6) is 5.75 Å². The van der Waals surface area contributed by atoms with E-state index in [1.54, 1.807) is 6.07 Å². The van der Waals surface area contributed by atoms with E-state index in [1.807, 2.05) is 12.1 Å². The molecule has 0 saturated heterocycles. The molecule has 5 nitrogen and oxygen atoms in total. The number of hydrogen-bond donors (Lipinski definition) is 5. The number of phenolic OH excluding ortho intramolecular Hbond substituents is 1. The fourth-order valence-electron chi connectivity index (χ4n) is 11.3. The SMILES string of the molecule is CC(C)CCC[C@@H](C)[C@H]1CC[C@H]2C3C[C@@H](NCCc4c[nH]c5ccc(O)cc45)[C@@]4(O)C[C@@H](O)CC[C@]4(C)[C@H]3CC[C@]12C.